The van der Waals surface area contributed by atoms with Crippen molar-refractivity contribution in [3.63, 3.8) is 0 Å². The number of aryl methyl sites for hydroxylation is 1. The number of benzene rings is 2. The van der Waals surface area contributed by atoms with Gasteiger partial charge in [-0.15, -0.1) is 0 Å². The number of amides is 1. The van der Waals surface area contributed by atoms with Crippen LogP contribution in [0.2, 0.25) is 5.02 Å². The molecular weight excluding hydrogens is 330 g/mol. The van der Waals surface area contributed by atoms with Crippen LogP contribution in [0.25, 0.3) is 0 Å². The van der Waals surface area contributed by atoms with Crippen molar-refractivity contribution < 1.29 is 19.4 Å². The molecular formula is C18H16ClNO4. The Balaban J connectivity index is 1.75. The van der Waals surface area contributed by atoms with E-state index in [1.807, 2.05) is 24.3 Å². The quantitative estimate of drug-likeness (QED) is 0.922. The van der Waals surface area contributed by atoms with Gasteiger partial charge in [0, 0.05) is 17.3 Å². The number of carbonyl (C=O) groups excluding carboxylic acids is 1. The molecule has 5 nitrogen and oxygen atoms in total. The molecule has 0 spiro atoms. The van der Waals surface area contributed by atoms with Crippen LogP contribution in [0.1, 0.15) is 22.3 Å². The Labute approximate surface area is 144 Å². The highest BCUT2D eigenvalue weighted by Crippen LogP contribution is 2.27. The number of nitrogens with zero attached hydrogens (tertiary/aromatic N) is 1. The third kappa shape index (κ3) is 3.36. The summed E-state index contributed by atoms with van der Waals surface area (Å²) < 4.78 is 5.45. The lowest BCUT2D eigenvalue weighted by atomic mass is 10.0. The first kappa shape index (κ1) is 16.3. The van der Waals surface area contributed by atoms with Crippen molar-refractivity contribution in [2.45, 2.75) is 12.8 Å². The van der Waals surface area contributed by atoms with E-state index in [0.717, 1.165) is 24.1 Å². The first-order valence-corrected chi connectivity index (χ1v) is 7.98. The number of ether oxygens (including phenoxy) is 1. The van der Waals surface area contributed by atoms with Gasteiger partial charge >= 0.3 is 5.97 Å². The van der Waals surface area contributed by atoms with Gasteiger partial charge in [0.05, 0.1) is 0 Å². The summed E-state index contributed by atoms with van der Waals surface area (Å²) in [4.78, 5) is 25.4. The van der Waals surface area contributed by atoms with Gasteiger partial charge in [-0.1, -0.05) is 29.8 Å². The minimum atomic E-state index is -1.15. The first-order chi connectivity index (χ1) is 11.6. The Bertz CT molecular complexity index is 790. The van der Waals surface area contributed by atoms with Crippen molar-refractivity contribution in [2.24, 2.45) is 0 Å². The molecule has 0 aromatic heterocycles. The summed E-state index contributed by atoms with van der Waals surface area (Å²) in [5, 5.41) is 9.50. The van der Waals surface area contributed by atoms with Gasteiger partial charge in [0.2, 0.25) is 0 Å². The monoisotopic (exact) mass is 345 g/mol. The second-order valence-electron chi connectivity index (χ2n) is 5.51. The number of fused-ring (bicyclic) bond motifs is 1. The van der Waals surface area contributed by atoms with Gasteiger partial charge in [0.1, 0.15) is 11.3 Å². The molecule has 3 rings (SSSR count). The van der Waals surface area contributed by atoms with Crippen LogP contribution in [-0.4, -0.2) is 30.1 Å². The molecule has 0 saturated carbocycles. The largest absolute Gasteiger partial charge is 0.483 e. The summed E-state index contributed by atoms with van der Waals surface area (Å²) in [7, 11) is 0. The predicted octanol–water partition coefficient (Wildman–Crippen LogP) is 3.40. The molecule has 0 saturated heterocycles. The topological polar surface area (TPSA) is 66.8 Å². The van der Waals surface area contributed by atoms with Gasteiger partial charge in [-0.05, 0) is 42.7 Å². The van der Waals surface area contributed by atoms with Gasteiger partial charge in [-0.25, -0.2) is 4.79 Å². The van der Waals surface area contributed by atoms with E-state index in [-0.39, 0.29) is 23.8 Å². The van der Waals surface area contributed by atoms with E-state index < -0.39 is 5.97 Å². The lowest BCUT2D eigenvalue weighted by Crippen LogP contribution is -2.38. The molecule has 1 amide bonds. The molecule has 2 aromatic carbocycles. The summed E-state index contributed by atoms with van der Waals surface area (Å²) in [6, 6.07) is 12.1. The molecule has 0 unspecified atom stereocenters. The van der Waals surface area contributed by atoms with Crippen LogP contribution in [0.5, 0.6) is 5.75 Å². The van der Waals surface area contributed by atoms with E-state index >= 15 is 0 Å². The Morgan fingerprint density at radius 1 is 1.21 bits per heavy atom. The van der Waals surface area contributed by atoms with E-state index in [1.165, 1.54) is 18.2 Å². The molecule has 1 N–H and O–H groups in total. The lowest BCUT2D eigenvalue weighted by molar-refractivity contribution is -0.120. The molecule has 1 heterocycles. The number of carboxylic acid groups (broad SMARTS) is 1. The molecule has 0 bridgehead atoms. The van der Waals surface area contributed by atoms with Crippen LogP contribution >= 0.6 is 11.6 Å². The smallest absolute Gasteiger partial charge is 0.339 e. The highest BCUT2D eigenvalue weighted by atomic mass is 35.5. The zero-order chi connectivity index (χ0) is 17.1. The van der Waals surface area contributed by atoms with Crippen molar-refractivity contribution in [1.29, 1.82) is 0 Å². The second kappa shape index (κ2) is 6.93. The number of para-hydroxylation sites is 1. The Morgan fingerprint density at radius 3 is 2.79 bits per heavy atom. The highest BCUT2D eigenvalue weighted by molar-refractivity contribution is 6.31. The Kier molecular flexibility index (Phi) is 4.71. The minimum Gasteiger partial charge on any atom is -0.483 e. The number of aromatic carboxylic acids is 1. The van der Waals surface area contributed by atoms with Crippen molar-refractivity contribution in [3.8, 4) is 5.75 Å². The maximum absolute atomic E-state index is 12.5. The summed E-state index contributed by atoms with van der Waals surface area (Å²) in [6.07, 6.45) is 1.84. The van der Waals surface area contributed by atoms with Gasteiger partial charge < -0.3 is 14.7 Å². The Morgan fingerprint density at radius 2 is 2.00 bits per heavy atom. The number of halogens is 1. The zero-order valence-corrected chi connectivity index (χ0v) is 13.6. The molecule has 6 heteroatoms. The number of hydrogen-bond donors (Lipinski definition) is 1. The number of carboxylic acids is 1. The normalized spacial score (nSPS) is 13.3. The number of hydrogen-bond acceptors (Lipinski definition) is 3. The van der Waals surface area contributed by atoms with Crippen LogP contribution in [0, 0.1) is 0 Å². The molecule has 0 atom stereocenters. The summed E-state index contributed by atoms with van der Waals surface area (Å²) in [5.41, 5.74) is 1.97. The van der Waals surface area contributed by atoms with Crippen LogP contribution in [0.15, 0.2) is 42.5 Å². The average Bonchev–Trinajstić information content (AvgIpc) is 2.59. The highest BCUT2D eigenvalue weighted by Gasteiger charge is 2.23. The van der Waals surface area contributed by atoms with E-state index in [1.54, 1.807) is 4.90 Å². The molecule has 0 fully saturated rings. The average molecular weight is 346 g/mol. The molecule has 0 aliphatic carbocycles. The number of anilines is 1. The summed E-state index contributed by atoms with van der Waals surface area (Å²) in [5.74, 6) is -1.22. The maximum Gasteiger partial charge on any atom is 0.339 e. The predicted molar refractivity (Wildman–Crippen MR) is 91.0 cm³/mol. The van der Waals surface area contributed by atoms with Gasteiger partial charge in [0.25, 0.3) is 5.91 Å². The van der Waals surface area contributed by atoms with Crippen molar-refractivity contribution in [1.82, 2.24) is 0 Å². The fourth-order valence-corrected chi connectivity index (χ4v) is 2.98. The lowest BCUT2D eigenvalue weighted by Gasteiger charge is -2.29. The molecule has 124 valence electrons. The van der Waals surface area contributed by atoms with Crippen molar-refractivity contribution in [3.05, 3.63) is 58.6 Å². The van der Waals surface area contributed by atoms with Crippen LogP contribution in [0.3, 0.4) is 0 Å². The van der Waals surface area contributed by atoms with Crippen LogP contribution in [0.4, 0.5) is 5.69 Å². The first-order valence-electron chi connectivity index (χ1n) is 7.60. The van der Waals surface area contributed by atoms with Crippen LogP contribution in [-0.2, 0) is 11.2 Å². The third-order valence-corrected chi connectivity index (χ3v) is 4.17. The summed E-state index contributed by atoms with van der Waals surface area (Å²) >= 11 is 5.81. The van der Waals surface area contributed by atoms with Crippen molar-refractivity contribution >= 4 is 29.2 Å². The zero-order valence-electron chi connectivity index (χ0n) is 12.9. The van der Waals surface area contributed by atoms with E-state index in [0.29, 0.717) is 11.6 Å². The fraction of sp³-hybridized carbons (Fsp3) is 0.222. The maximum atomic E-state index is 12.5. The molecule has 1 aliphatic rings. The Hall–Kier alpha value is -2.53. The van der Waals surface area contributed by atoms with Crippen molar-refractivity contribution in [2.75, 3.05) is 18.1 Å². The van der Waals surface area contributed by atoms with E-state index in [2.05, 4.69) is 0 Å². The minimum absolute atomic E-state index is 0.0608. The van der Waals surface area contributed by atoms with Crippen LogP contribution < -0.4 is 9.64 Å². The molecule has 1 aliphatic heterocycles. The number of rotatable bonds is 4. The SMILES string of the molecule is O=C(O)c1cc(Cl)ccc1OCC(=O)N1CCCc2ccccc21. The molecule has 24 heavy (non-hydrogen) atoms. The van der Waals surface area contributed by atoms with Gasteiger partial charge in [0.15, 0.2) is 6.61 Å². The number of carbonyl (C=O) groups is 2. The third-order valence-electron chi connectivity index (χ3n) is 3.93. The van der Waals surface area contributed by atoms with E-state index in [4.69, 9.17) is 16.3 Å². The molecule has 0 radical (unpaired) electrons. The fourth-order valence-electron chi connectivity index (χ4n) is 2.81. The second-order valence-corrected chi connectivity index (χ2v) is 5.95. The summed E-state index contributed by atoms with van der Waals surface area (Å²) in [6.45, 7) is 0.405. The van der Waals surface area contributed by atoms with E-state index in [9.17, 15) is 14.7 Å². The molecule has 2 aromatic rings. The van der Waals surface area contributed by atoms with Gasteiger partial charge in [-0.3, -0.25) is 4.79 Å². The standard InChI is InChI=1S/C18H16ClNO4/c19-13-7-8-16(14(10-13)18(22)23)24-11-17(21)20-9-3-5-12-4-1-2-6-15(12)20/h1-2,4,6-8,10H,3,5,9,11H2,(H,22,23). The van der Waals surface area contributed by atoms with Gasteiger partial charge in [-0.2, -0.15) is 0 Å².